The Hall–Kier alpha value is -1.69. The van der Waals surface area contributed by atoms with E-state index in [1.54, 1.807) is 23.1 Å². The van der Waals surface area contributed by atoms with Crippen molar-refractivity contribution < 1.29 is 9.84 Å². The third-order valence-electron chi connectivity index (χ3n) is 3.32. The second kappa shape index (κ2) is 7.05. The van der Waals surface area contributed by atoms with Gasteiger partial charge in [0, 0.05) is 11.6 Å². The summed E-state index contributed by atoms with van der Waals surface area (Å²) in [6, 6.07) is 7.35. The molecule has 2 rings (SSSR count). The number of nitrogens with zero attached hydrogens (tertiary/aromatic N) is 3. The molecule has 0 aliphatic rings. The third kappa shape index (κ3) is 3.94. The van der Waals surface area contributed by atoms with Gasteiger partial charge in [0.1, 0.15) is 18.8 Å². The Morgan fingerprint density at radius 1 is 1.41 bits per heavy atom. The molecule has 1 unspecified atom stereocenters. The van der Waals surface area contributed by atoms with Crippen molar-refractivity contribution in [2.75, 3.05) is 6.61 Å². The van der Waals surface area contributed by atoms with Crippen molar-refractivity contribution in [3.05, 3.63) is 47.5 Å². The molecule has 1 atom stereocenters. The molecule has 0 saturated carbocycles. The molecule has 118 valence electrons. The monoisotopic (exact) mass is 321 g/mol. The third-order valence-corrected chi connectivity index (χ3v) is 3.57. The van der Waals surface area contributed by atoms with Gasteiger partial charge in [-0.2, -0.15) is 5.10 Å². The Morgan fingerprint density at radius 3 is 2.64 bits per heavy atom. The van der Waals surface area contributed by atoms with Crippen LogP contribution in [-0.4, -0.2) is 38.2 Å². The minimum Gasteiger partial charge on any atom is -0.384 e. The van der Waals surface area contributed by atoms with Gasteiger partial charge in [0.05, 0.1) is 11.3 Å². The first-order valence-corrected chi connectivity index (χ1v) is 7.46. The standard InChI is InChI=1S/C16H20ClN3O2/c1-4-22-16(2,3)15(21)14(20-11-18-10-19-20)9-12-5-7-13(17)8-6-12/h5-11,15,21H,4H2,1-3H3/b14-9-. The average molecular weight is 322 g/mol. The van der Waals surface area contributed by atoms with Crippen LogP contribution in [0.15, 0.2) is 36.9 Å². The summed E-state index contributed by atoms with van der Waals surface area (Å²) in [4.78, 5) is 3.95. The van der Waals surface area contributed by atoms with Crippen molar-refractivity contribution in [2.45, 2.75) is 32.5 Å². The van der Waals surface area contributed by atoms with Crippen LogP contribution < -0.4 is 0 Å². The maximum atomic E-state index is 10.7. The molecule has 0 radical (unpaired) electrons. The summed E-state index contributed by atoms with van der Waals surface area (Å²) in [6.07, 6.45) is 3.95. The van der Waals surface area contributed by atoms with Crippen molar-refractivity contribution in [1.29, 1.82) is 0 Å². The van der Waals surface area contributed by atoms with Crippen LogP contribution in [0.4, 0.5) is 0 Å². The van der Waals surface area contributed by atoms with Gasteiger partial charge in [-0.25, -0.2) is 9.67 Å². The zero-order valence-corrected chi connectivity index (χ0v) is 13.7. The molecule has 0 aliphatic carbocycles. The Kier molecular flexibility index (Phi) is 5.34. The zero-order valence-electron chi connectivity index (χ0n) is 12.9. The Morgan fingerprint density at radius 2 is 2.09 bits per heavy atom. The molecular weight excluding hydrogens is 302 g/mol. The summed E-state index contributed by atoms with van der Waals surface area (Å²) >= 11 is 5.91. The summed E-state index contributed by atoms with van der Waals surface area (Å²) in [6.45, 7) is 6.09. The Balaban J connectivity index is 2.41. The number of aliphatic hydroxyl groups excluding tert-OH is 1. The molecule has 0 amide bonds. The molecule has 5 nitrogen and oxygen atoms in total. The second-order valence-electron chi connectivity index (χ2n) is 5.40. The summed E-state index contributed by atoms with van der Waals surface area (Å²) < 4.78 is 7.20. The van der Waals surface area contributed by atoms with Crippen LogP contribution >= 0.6 is 11.6 Å². The number of benzene rings is 1. The van der Waals surface area contributed by atoms with Crippen LogP contribution in [0.25, 0.3) is 11.8 Å². The van der Waals surface area contributed by atoms with Gasteiger partial charge < -0.3 is 9.84 Å². The van der Waals surface area contributed by atoms with Crippen LogP contribution in [0.1, 0.15) is 26.3 Å². The van der Waals surface area contributed by atoms with Gasteiger partial charge in [-0.05, 0) is 44.5 Å². The highest BCUT2D eigenvalue weighted by atomic mass is 35.5. The molecule has 0 aliphatic heterocycles. The molecule has 2 aromatic rings. The van der Waals surface area contributed by atoms with Gasteiger partial charge in [-0.3, -0.25) is 0 Å². The van der Waals surface area contributed by atoms with Gasteiger partial charge in [0.2, 0.25) is 0 Å². The van der Waals surface area contributed by atoms with E-state index in [4.69, 9.17) is 16.3 Å². The summed E-state index contributed by atoms with van der Waals surface area (Å²) in [5.74, 6) is 0. The molecule has 0 bridgehead atoms. The fourth-order valence-corrected chi connectivity index (χ4v) is 2.27. The van der Waals surface area contributed by atoms with Crippen LogP contribution in [-0.2, 0) is 4.74 Å². The van der Waals surface area contributed by atoms with Crippen LogP contribution in [0.3, 0.4) is 0 Å². The van der Waals surface area contributed by atoms with Gasteiger partial charge in [0.25, 0.3) is 0 Å². The molecule has 1 aromatic heterocycles. The largest absolute Gasteiger partial charge is 0.384 e. The molecule has 0 saturated heterocycles. The van der Waals surface area contributed by atoms with E-state index in [2.05, 4.69) is 10.1 Å². The SMILES string of the molecule is CCOC(C)(C)C(O)/C(=C/c1ccc(Cl)cc1)n1cncn1. The highest BCUT2D eigenvalue weighted by Gasteiger charge is 2.32. The van der Waals surface area contributed by atoms with Gasteiger partial charge >= 0.3 is 0 Å². The molecule has 0 fully saturated rings. The van der Waals surface area contributed by atoms with E-state index in [9.17, 15) is 5.11 Å². The summed E-state index contributed by atoms with van der Waals surface area (Å²) in [5.41, 5.74) is 0.735. The molecule has 0 spiro atoms. The van der Waals surface area contributed by atoms with Crippen molar-refractivity contribution in [3.8, 4) is 0 Å². The lowest BCUT2D eigenvalue weighted by molar-refractivity contribution is -0.0753. The lowest BCUT2D eigenvalue weighted by Gasteiger charge is -2.31. The van der Waals surface area contributed by atoms with Gasteiger partial charge in [0.15, 0.2) is 0 Å². The minimum absolute atomic E-state index is 0.510. The predicted octanol–water partition coefficient (Wildman–Crippen LogP) is 3.11. The first-order chi connectivity index (χ1) is 10.4. The van der Waals surface area contributed by atoms with E-state index in [1.807, 2.05) is 39.0 Å². The van der Waals surface area contributed by atoms with E-state index in [0.29, 0.717) is 17.3 Å². The van der Waals surface area contributed by atoms with Gasteiger partial charge in [-0.15, -0.1) is 0 Å². The highest BCUT2D eigenvalue weighted by molar-refractivity contribution is 6.30. The zero-order chi connectivity index (χ0) is 16.2. The number of halogens is 1. The number of rotatable bonds is 6. The minimum atomic E-state index is -0.871. The van der Waals surface area contributed by atoms with Crippen molar-refractivity contribution in [3.63, 3.8) is 0 Å². The number of aromatic nitrogens is 3. The van der Waals surface area contributed by atoms with Crippen LogP contribution in [0.2, 0.25) is 5.02 Å². The van der Waals surface area contributed by atoms with E-state index in [0.717, 1.165) is 5.56 Å². The lowest BCUT2D eigenvalue weighted by Crippen LogP contribution is -2.41. The van der Waals surface area contributed by atoms with Crippen molar-refractivity contribution in [2.24, 2.45) is 0 Å². The van der Waals surface area contributed by atoms with E-state index in [1.165, 1.54) is 6.33 Å². The highest BCUT2D eigenvalue weighted by Crippen LogP contribution is 2.26. The number of ether oxygens (including phenoxy) is 1. The van der Waals surface area contributed by atoms with Crippen LogP contribution in [0, 0.1) is 0 Å². The molecule has 6 heteroatoms. The first kappa shape index (κ1) is 16.7. The smallest absolute Gasteiger partial charge is 0.138 e. The molecule has 22 heavy (non-hydrogen) atoms. The number of hydrogen-bond donors (Lipinski definition) is 1. The molecule has 1 N–H and O–H groups in total. The Bertz CT molecular complexity index is 621. The average Bonchev–Trinajstić information content (AvgIpc) is 3.00. The predicted molar refractivity (Wildman–Crippen MR) is 87.4 cm³/mol. The second-order valence-corrected chi connectivity index (χ2v) is 5.84. The van der Waals surface area contributed by atoms with E-state index < -0.39 is 11.7 Å². The first-order valence-electron chi connectivity index (χ1n) is 7.08. The van der Waals surface area contributed by atoms with Crippen LogP contribution in [0.5, 0.6) is 0 Å². The fraction of sp³-hybridized carbons (Fsp3) is 0.375. The van der Waals surface area contributed by atoms with Crippen molar-refractivity contribution >= 4 is 23.4 Å². The normalized spacial score (nSPS) is 14.1. The quantitative estimate of drug-likeness (QED) is 0.888. The van der Waals surface area contributed by atoms with Gasteiger partial charge in [-0.1, -0.05) is 23.7 Å². The van der Waals surface area contributed by atoms with E-state index in [-0.39, 0.29) is 0 Å². The molecule has 1 aromatic carbocycles. The van der Waals surface area contributed by atoms with Crippen molar-refractivity contribution in [1.82, 2.24) is 14.8 Å². The number of aliphatic hydroxyl groups is 1. The number of hydrogen-bond acceptors (Lipinski definition) is 4. The lowest BCUT2D eigenvalue weighted by atomic mass is 9.97. The van der Waals surface area contributed by atoms with E-state index >= 15 is 0 Å². The fourth-order valence-electron chi connectivity index (χ4n) is 2.15. The summed E-state index contributed by atoms with van der Waals surface area (Å²) in [5, 5.41) is 15.5. The molecular formula is C16H20ClN3O2. The maximum Gasteiger partial charge on any atom is 0.138 e. The maximum absolute atomic E-state index is 10.7. The Labute approximate surface area is 135 Å². The topological polar surface area (TPSA) is 60.2 Å². The summed E-state index contributed by atoms with van der Waals surface area (Å²) in [7, 11) is 0. The molecule has 1 heterocycles.